The molecule has 1 unspecified atom stereocenters. The minimum absolute atomic E-state index is 0. The average molecular weight is 539 g/mol. The van der Waals surface area contributed by atoms with Crippen molar-refractivity contribution < 1.29 is 4.42 Å². The molecule has 1 fully saturated rings. The van der Waals surface area contributed by atoms with Gasteiger partial charge in [0.05, 0.1) is 11.7 Å². The van der Waals surface area contributed by atoms with E-state index in [0.717, 1.165) is 59.6 Å². The molecule has 0 aliphatic carbocycles. The van der Waals surface area contributed by atoms with E-state index in [1.807, 2.05) is 18.2 Å². The SMILES string of the molecule is CCNC(=NCCc1csc(N2CCCC2)n1)NC(C)c1cc2ccccc2o1.I. The first kappa shape index (κ1) is 22.9. The van der Waals surface area contributed by atoms with Gasteiger partial charge in [0.1, 0.15) is 11.3 Å². The predicted octanol–water partition coefficient (Wildman–Crippen LogP) is 4.97. The second-order valence-electron chi connectivity index (χ2n) is 7.38. The van der Waals surface area contributed by atoms with Gasteiger partial charge in [0.2, 0.25) is 0 Å². The smallest absolute Gasteiger partial charge is 0.191 e. The fourth-order valence-electron chi connectivity index (χ4n) is 3.56. The number of rotatable bonds is 7. The zero-order chi connectivity index (χ0) is 20.1. The molecule has 0 radical (unpaired) electrons. The number of aliphatic imine (C=N–C) groups is 1. The maximum atomic E-state index is 5.98. The molecule has 4 rings (SSSR count). The molecule has 3 aromatic rings. The van der Waals surface area contributed by atoms with E-state index in [9.17, 15) is 0 Å². The van der Waals surface area contributed by atoms with Crippen molar-refractivity contribution in [2.75, 3.05) is 31.1 Å². The number of furan rings is 1. The Morgan fingerprint density at radius 2 is 2.10 bits per heavy atom. The Kier molecular flexibility index (Phi) is 8.38. The number of fused-ring (bicyclic) bond motifs is 1. The fraction of sp³-hybridized carbons (Fsp3) is 0.455. The number of hydrogen-bond acceptors (Lipinski definition) is 5. The minimum atomic E-state index is 0. The molecule has 2 aromatic heterocycles. The molecule has 1 saturated heterocycles. The van der Waals surface area contributed by atoms with E-state index in [4.69, 9.17) is 14.4 Å². The maximum absolute atomic E-state index is 5.98. The average Bonchev–Trinajstić information content (AvgIpc) is 3.47. The number of halogens is 1. The van der Waals surface area contributed by atoms with Crippen molar-refractivity contribution in [3.63, 3.8) is 0 Å². The number of benzene rings is 1. The number of anilines is 1. The molecule has 0 saturated carbocycles. The first-order chi connectivity index (χ1) is 14.2. The van der Waals surface area contributed by atoms with Gasteiger partial charge in [0.25, 0.3) is 0 Å². The lowest BCUT2D eigenvalue weighted by Crippen LogP contribution is -2.38. The molecule has 1 aromatic carbocycles. The van der Waals surface area contributed by atoms with E-state index in [1.54, 1.807) is 11.3 Å². The number of nitrogens with zero attached hydrogens (tertiary/aromatic N) is 3. The van der Waals surface area contributed by atoms with Crippen LogP contribution in [-0.2, 0) is 6.42 Å². The van der Waals surface area contributed by atoms with Crippen LogP contribution in [0.4, 0.5) is 5.13 Å². The molecule has 30 heavy (non-hydrogen) atoms. The third kappa shape index (κ3) is 5.66. The molecule has 162 valence electrons. The maximum Gasteiger partial charge on any atom is 0.191 e. The van der Waals surface area contributed by atoms with E-state index < -0.39 is 0 Å². The number of para-hydroxylation sites is 1. The zero-order valence-corrected chi connectivity index (χ0v) is 20.7. The molecule has 0 amide bonds. The van der Waals surface area contributed by atoms with Crippen molar-refractivity contribution in [1.82, 2.24) is 15.6 Å². The standard InChI is InChI=1S/C22H29N5OS.HI/c1-3-23-21(25-16(2)20-14-17-8-4-5-9-19(17)28-20)24-11-10-18-15-29-22(26-18)27-12-6-7-13-27;/h4-5,8-9,14-16H,3,6-7,10-13H2,1-2H3,(H2,23,24,25);1H. The summed E-state index contributed by atoms with van der Waals surface area (Å²) in [4.78, 5) is 11.9. The van der Waals surface area contributed by atoms with Crippen molar-refractivity contribution in [3.05, 3.63) is 47.2 Å². The summed E-state index contributed by atoms with van der Waals surface area (Å²) >= 11 is 1.75. The van der Waals surface area contributed by atoms with Crippen LogP contribution in [0.5, 0.6) is 0 Å². The van der Waals surface area contributed by atoms with Crippen LogP contribution in [0.25, 0.3) is 11.0 Å². The number of nitrogens with one attached hydrogen (secondary N) is 2. The summed E-state index contributed by atoms with van der Waals surface area (Å²) in [5.74, 6) is 1.71. The number of hydrogen-bond donors (Lipinski definition) is 2. The van der Waals surface area contributed by atoms with Crippen LogP contribution in [0.3, 0.4) is 0 Å². The highest BCUT2D eigenvalue weighted by atomic mass is 127. The highest BCUT2D eigenvalue weighted by Crippen LogP contribution is 2.25. The van der Waals surface area contributed by atoms with Crippen LogP contribution < -0.4 is 15.5 Å². The summed E-state index contributed by atoms with van der Waals surface area (Å²) in [6, 6.07) is 10.2. The van der Waals surface area contributed by atoms with E-state index in [1.165, 1.54) is 12.8 Å². The van der Waals surface area contributed by atoms with Gasteiger partial charge in [0, 0.05) is 43.4 Å². The van der Waals surface area contributed by atoms with Crippen LogP contribution in [0.15, 0.2) is 45.1 Å². The minimum Gasteiger partial charge on any atom is -0.459 e. The quantitative estimate of drug-likeness (QED) is 0.252. The largest absolute Gasteiger partial charge is 0.459 e. The third-order valence-electron chi connectivity index (χ3n) is 5.12. The predicted molar refractivity (Wildman–Crippen MR) is 136 cm³/mol. The molecular weight excluding hydrogens is 509 g/mol. The Labute approximate surface area is 199 Å². The van der Waals surface area contributed by atoms with Gasteiger partial charge in [-0.3, -0.25) is 4.99 Å². The lowest BCUT2D eigenvalue weighted by molar-refractivity contribution is 0.488. The number of aromatic nitrogens is 1. The lowest BCUT2D eigenvalue weighted by atomic mass is 10.2. The summed E-state index contributed by atoms with van der Waals surface area (Å²) in [6.45, 7) is 7.96. The van der Waals surface area contributed by atoms with E-state index >= 15 is 0 Å². The van der Waals surface area contributed by atoms with E-state index in [2.05, 4.69) is 46.9 Å². The molecule has 0 spiro atoms. The fourth-order valence-corrected chi connectivity index (χ4v) is 4.47. The summed E-state index contributed by atoms with van der Waals surface area (Å²) in [5, 5.41) is 11.2. The van der Waals surface area contributed by atoms with Gasteiger partial charge in [-0.1, -0.05) is 18.2 Å². The van der Waals surface area contributed by atoms with Gasteiger partial charge in [-0.15, -0.1) is 35.3 Å². The lowest BCUT2D eigenvalue weighted by Gasteiger charge is -2.16. The second-order valence-corrected chi connectivity index (χ2v) is 8.22. The third-order valence-corrected chi connectivity index (χ3v) is 6.07. The summed E-state index contributed by atoms with van der Waals surface area (Å²) in [6.07, 6.45) is 3.40. The molecule has 6 nitrogen and oxygen atoms in total. The van der Waals surface area contributed by atoms with Crippen molar-refractivity contribution in [1.29, 1.82) is 0 Å². The number of thiazole rings is 1. The Bertz CT molecular complexity index is 930. The van der Waals surface area contributed by atoms with Gasteiger partial charge in [-0.2, -0.15) is 0 Å². The topological polar surface area (TPSA) is 65.7 Å². The van der Waals surface area contributed by atoms with E-state index in [0.29, 0.717) is 6.54 Å². The normalized spacial score (nSPS) is 15.3. The molecule has 0 bridgehead atoms. The van der Waals surface area contributed by atoms with Gasteiger partial charge < -0.3 is 20.0 Å². The highest BCUT2D eigenvalue weighted by molar-refractivity contribution is 14.0. The van der Waals surface area contributed by atoms with Crippen LogP contribution >= 0.6 is 35.3 Å². The Morgan fingerprint density at radius 3 is 2.87 bits per heavy atom. The van der Waals surface area contributed by atoms with Crippen molar-refractivity contribution in [3.8, 4) is 0 Å². The zero-order valence-electron chi connectivity index (χ0n) is 17.6. The summed E-state index contributed by atoms with van der Waals surface area (Å²) in [5.41, 5.74) is 2.04. The highest BCUT2D eigenvalue weighted by Gasteiger charge is 2.16. The Balaban J connectivity index is 0.00000256. The molecular formula is C22H30IN5OS. The van der Waals surface area contributed by atoms with Crippen molar-refractivity contribution in [2.45, 2.75) is 39.2 Å². The van der Waals surface area contributed by atoms with Crippen molar-refractivity contribution >= 4 is 57.4 Å². The monoisotopic (exact) mass is 539 g/mol. The molecule has 1 aliphatic heterocycles. The van der Waals surface area contributed by atoms with Crippen LogP contribution in [0, 0.1) is 0 Å². The van der Waals surface area contributed by atoms with Gasteiger partial charge >= 0.3 is 0 Å². The van der Waals surface area contributed by atoms with Crippen LogP contribution in [0.2, 0.25) is 0 Å². The number of guanidine groups is 1. The molecule has 8 heteroatoms. The van der Waals surface area contributed by atoms with Crippen LogP contribution in [-0.4, -0.2) is 37.1 Å². The first-order valence-corrected chi connectivity index (χ1v) is 11.3. The molecule has 1 atom stereocenters. The van der Waals surface area contributed by atoms with Crippen LogP contribution in [0.1, 0.15) is 44.2 Å². The Hall–Kier alpha value is -1.81. The molecule has 3 heterocycles. The van der Waals surface area contributed by atoms with Gasteiger partial charge in [-0.05, 0) is 38.8 Å². The summed E-state index contributed by atoms with van der Waals surface area (Å²) in [7, 11) is 0. The van der Waals surface area contributed by atoms with Gasteiger partial charge in [-0.25, -0.2) is 4.98 Å². The Morgan fingerprint density at radius 1 is 1.30 bits per heavy atom. The van der Waals surface area contributed by atoms with Crippen molar-refractivity contribution in [2.24, 2.45) is 4.99 Å². The van der Waals surface area contributed by atoms with E-state index in [-0.39, 0.29) is 30.0 Å². The first-order valence-electron chi connectivity index (χ1n) is 10.5. The molecule has 1 aliphatic rings. The summed E-state index contributed by atoms with van der Waals surface area (Å²) < 4.78 is 5.98. The molecule has 2 N–H and O–H groups in total. The second kappa shape index (κ2) is 11.0. The van der Waals surface area contributed by atoms with Gasteiger partial charge in [0.15, 0.2) is 11.1 Å².